The summed E-state index contributed by atoms with van der Waals surface area (Å²) in [5, 5.41) is 9.38. The molecule has 2 nitrogen and oxygen atoms in total. The number of benzene rings is 1. The Balaban J connectivity index is 2.87. The van der Waals surface area contributed by atoms with E-state index in [0.717, 1.165) is 0 Å². The molecule has 1 rings (SSSR count). The van der Waals surface area contributed by atoms with Gasteiger partial charge in [0.2, 0.25) is 0 Å². The SMILES string of the molecule is C[C@H](O)c1cc(Br)ccc1OCC(F)(F)F. The Hall–Kier alpha value is -0.750. The minimum absolute atomic E-state index is 0.0375. The van der Waals surface area contributed by atoms with Crippen molar-refractivity contribution < 1.29 is 23.0 Å². The van der Waals surface area contributed by atoms with Gasteiger partial charge in [0.1, 0.15) is 5.75 Å². The van der Waals surface area contributed by atoms with Crippen LogP contribution in [0.2, 0.25) is 0 Å². The third-order valence-electron chi connectivity index (χ3n) is 1.81. The van der Waals surface area contributed by atoms with Crippen LogP contribution in [-0.4, -0.2) is 17.9 Å². The number of aliphatic hydroxyl groups is 1. The first-order valence-corrected chi connectivity index (χ1v) is 5.26. The number of hydrogen-bond acceptors (Lipinski definition) is 2. The van der Waals surface area contributed by atoms with Crippen LogP contribution in [0.4, 0.5) is 13.2 Å². The molecule has 1 atom stereocenters. The molecule has 90 valence electrons. The van der Waals surface area contributed by atoms with Gasteiger partial charge in [0, 0.05) is 10.0 Å². The molecule has 0 aliphatic rings. The average Bonchev–Trinajstić information content (AvgIpc) is 2.14. The third kappa shape index (κ3) is 4.02. The summed E-state index contributed by atoms with van der Waals surface area (Å²) in [6.45, 7) is 0.0938. The Morgan fingerprint density at radius 3 is 2.56 bits per heavy atom. The third-order valence-corrected chi connectivity index (χ3v) is 2.31. The minimum atomic E-state index is -4.39. The second-order valence-electron chi connectivity index (χ2n) is 3.26. The van der Waals surface area contributed by atoms with Gasteiger partial charge in [-0.15, -0.1) is 0 Å². The molecule has 0 aliphatic carbocycles. The highest BCUT2D eigenvalue weighted by Gasteiger charge is 2.29. The first-order chi connectivity index (χ1) is 7.29. The van der Waals surface area contributed by atoms with Crippen molar-refractivity contribution >= 4 is 15.9 Å². The first kappa shape index (κ1) is 13.3. The van der Waals surface area contributed by atoms with E-state index in [9.17, 15) is 18.3 Å². The highest BCUT2D eigenvalue weighted by atomic mass is 79.9. The van der Waals surface area contributed by atoms with Crippen LogP contribution in [0.1, 0.15) is 18.6 Å². The van der Waals surface area contributed by atoms with Crippen molar-refractivity contribution in [2.75, 3.05) is 6.61 Å². The highest BCUT2D eigenvalue weighted by Crippen LogP contribution is 2.29. The fourth-order valence-corrected chi connectivity index (χ4v) is 1.52. The Bertz CT molecular complexity index is 364. The lowest BCUT2D eigenvalue weighted by molar-refractivity contribution is -0.153. The van der Waals surface area contributed by atoms with Crippen LogP contribution in [0.5, 0.6) is 5.75 Å². The van der Waals surface area contributed by atoms with Crippen molar-refractivity contribution in [1.82, 2.24) is 0 Å². The Morgan fingerprint density at radius 2 is 2.06 bits per heavy atom. The van der Waals surface area contributed by atoms with Gasteiger partial charge < -0.3 is 9.84 Å². The largest absolute Gasteiger partial charge is 0.484 e. The van der Waals surface area contributed by atoms with E-state index in [1.165, 1.54) is 19.1 Å². The van der Waals surface area contributed by atoms with Crippen LogP contribution in [0.3, 0.4) is 0 Å². The molecule has 1 aromatic rings. The number of rotatable bonds is 3. The maximum Gasteiger partial charge on any atom is 0.422 e. The highest BCUT2D eigenvalue weighted by molar-refractivity contribution is 9.10. The summed E-state index contributed by atoms with van der Waals surface area (Å²) in [6.07, 6.45) is -5.27. The second-order valence-corrected chi connectivity index (χ2v) is 4.18. The lowest BCUT2D eigenvalue weighted by atomic mass is 10.1. The standard InChI is InChI=1S/C10H10BrF3O2/c1-6(15)8-4-7(11)2-3-9(8)16-5-10(12,13)14/h2-4,6,15H,5H2,1H3/t6-/m0/s1. The molecular weight excluding hydrogens is 289 g/mol. The molecule has 0 aromatic heterocycles. The monoisotopic (exact) mass is 298 g/mol. The molecule has 0 radical (unpaired) electrons. The molecule has 6 heteroatoms. The Morgan fingerprint density at radius 1 is 1.44 bits per heavy atom. The molecule has 1 aromatic carbocycles. The van der Waals surface area contributed by atoms with Gasteiger partial charge in [-0.3, -0.25) is 0 Å². The molecule has 0 fully saturated rings. The maximum atomic E-state index is 12.0. The molecule has 0 bridgehead atoms. The summed E-state index contributed by atoms with van der Waals surface area (Å²) < 4.78 is 41.2. The van der Waals surface area contributed by atoms with Gasteiger partial charge in [-0.1, -0.05) is 15.9 Å². The fraction of sp³-hybridized carbons (Fsp3) is 0.400. The van der Waals surface area contributed by atoms with Crippen molar-refractivity contribution in [3.8, 4) is 5.75 Å². The summed E-state index contributed by atoms with van der Waals surface area (Å²) >= 11 is 3.17. The van der Waals surface area contributed by atoms with Gasteiger partial charge in [0.25, 0.3) is 0 Å². The zero-order valence-electron chi connectivity index (χ0n) is 8.38. The van der Waals surface area contributed by atoms with Gasteiger partial charge in [-0.25, -0.2) is 0 Å². The number of alkyl halides is 3. The zero-order chi connectivity index (χ0) is 12.3. The molecule has 0 aliphatic heterocycles. The Labute approximate surface area is 99.2 Å². The van der Waals surface area contributed by atoms with Gasteiger partial charge >= 0.3 is 6.18 Å². The van der Waals surface area contributed by atoms with Crippen molar-refractivity contribution in [2.45, 2.75) is 19.2 Å². The van der Waals surface area contributed by atoms with Gasteiger partial charge in [-0.2, -0.15) is 13.2 Å². The van der Waals surface area contributed by atoms with E-state index < -0.39 is 18.9 Å². The fourth-order valence-electron chi connectivity index (χ4n) is 1.14. The van der Waals surface area contributed by atoms with E-state index in [1.54, 1.807) is 6.07 Å². The topological polar surface area (TPSA) is 29.5 Å². The number of hydrogen-bond donors (Lipinski definition) is 1. The smallest absolute Gasteiger partial charge is 0.422 e. The molecule has 0 spiro atoms. The summed E-state index contributed by atoms with van der Waals surface area (Å²) in [4.78, 5) is 0. The molecule has 1 N–H and O–H groups in total. The molecule has 0 saturated heterocycles. The first-order valence-electron chi connectivity index (χ1n) is 4.46. The van der Waals surface area contributed by atoms with Crippen LogP contribution in [0, 0.1) is 0 Å². The average molecular weight is 299 g/mol. The number of aliphatic hydroxyl groups excluding tert-OH is 1. The zero-order valence-corrected chi connectivity index (χ0v) is 9.97. The summed E-state index contributed by atoms with van der Waals surface area (Å²) in [5.41, 5.74) is 0.318. The van der Waals surface area contributed by atoms with E-state index in [4.69, 9.17) is 0 Å². The second kappa shape index (κ2) is 5.05. The van der Waals surface area contributed by atoms with Gasteiger partial charge in [0.15, 0.2) is 6.61 Å². The Kier molecular flexibility index (Phi) is 4.21. The van der Waals surface area contributed by atoms with Crippen molar-refractivity contribution in [2.24, 2.45) is 0 Å². The van der Waals surface area contributed by atoms with Gasteiger partial charge in [-0.05, 0) is 25.1 Å². The molecule has 0 saturated carbocycles. The summed E-state index contributed by atoms with van der Waals surface area (Å²) in [5.74, 6) is 0.0375. The predicted molar refractivity (Wildman–Crippen MR) is 56.3 cm³/mol. The van der Waals surface area contributed by atoms with E-state index in [2.05, 4.69) is 20.7 Å². The predicted octanol–water partition coefficient (Wildman–Crippen LogP) is 3.44. The van der Waals surface area contributed by atoms with Gasteiger partial charge in [0.05, 0.1) is 6.10 Å². The van der Waals surface area contributed by atoms with Crippen LogP contribution in [0.25, 0.3) is 0 Å². The quantitative estimate of drug-likeness (QED) is 0.926. The molecule has 16 heavy (non-hydrogen) atoms. The number of halogens is 4. The molecular formula is C10H10BrF3O2. The van der Waals surface area contributed by atoms with Crippen LogP contribution in [-0.2, 0) is 0 Å². The van der Waals surface area contributed by atoms with Crippen LogP contribution >= 0.6 is 15.9 Å². The van der Waals surface area contributed by atoms with Crippen LogP contribution in [0.15, 0.2) is 22.7 Å². The van der Waals surface area contributed by atoms with E-state index in [0.29, 0.717) is 10.0 Å². The van der Waals surface area contributed by atoms with Crippen LogP contribution < -0.4 is 4.74 Å². The molecule has 0 amide bonds. The summed E-state index contributed by atoms with van der Waals surface area (Å²) in [7, 11) is 0. The summed E-state index contributed by atoms with van der Waals surface area (Å²) in [6, 6.07) is 4.46. The van der Waals surface area contributed by atoms with Crippen molar-refractivity contribution in [1.29, 1.82) is 0 Å². The van der Waals surface area contributed by atoms with E-state index in [-0.39, 0.29) is 5.75 Å². The van der Waals surface area contributed by atoms with Crippen molar-refractivity contribution in [3.63, 3.8) is 0 Å². The normalized spacial score (nSPS) is 13.6. The molecule has 0 unspecified atom stereocenters. The maximum absolute atomic E-state index is 12.0. The molecule has 0 heterocycles. The van der Waals surface area contributed by atoms with E-state index >= 15 is 0 Å². The lowest BCUT2D eigenvalue weighted by Crippen LogP contribution is -2.19. The minimum Gasteiger partial charge on any atom is -0.484 e. The lowest BCUT2D eigenvalue weighted by Gasteiger charge is -2.15. The van der Waals surface area contributed by atoms with E-state index in [1.807, 2.05) is 0 Å². The van der Waals surface area contributed by atoms with Crippen molar-refractivity contribution in [3.05, 3.63) is 28.2 Å². The number of ether oxygens (including phenoxy) is 1.